The summed E-state index contributed by atoms with van der Waals surface area (Å²) in [5.74, 6) is -0.00377. The highest BCUT2D eigenvalue weighted by Gasteiger charge is 2.44. The van der Waals surface area contributed by atoms with E-state index >= 15 is 0 Å². The van der Waals surface area contributed by atoms with Crippen molar-refractivity contribution in [2.45, 2.75) is 45.8 Å². The summed E-state index contributed by atoms with van der Waals surface area (Å²) in [5, 5.41) is 4.00. The van der Waals surface area contributed by atoms with Crippen molar-refractivity contribution in [3.05, 3.63) is 52.8 Å². The van der Waals surface area contributed by atoms with Crippen LogP contribution >= 0.6 is 11.6 Å². The fraction of sp³-hybridized carbons (Fsp3) is 0.458. The Bertz CT molecular complexity index is 981. The molecule has 8 heteroatoms. The third-order valence-corrected chi connectivity index (χ3v) is 5.72. The van der Waals surface area contributed by atoms with Crippen LogP contribution in [0.2, 0.25) is 5.02 Å². The first kappa shape index (κ1) is 24.0. The van der Waals surface area contributed by atoms with Crippen molar-refractivity contribution in [3.63, 3.8) is 0 Å². The Balaban J connectivity index is 0.000000360. The van der Waals surface area contributed by atoms with E-state index in [-0.39, 0.29) is 11.5 Å². The largest absolute Gasteiger partial charge is 0.462 e. The van der Waals surface area contributed by atoms with E-state index in [1.165, 1.54) is 0 Å². The summed E-state index contributed by atoms with van der Waals surface area (Å²) >= 11 is 6.16. The van der Waals surface area contributed by atoms with Crippen LogP contribution in [0.1, 0.15) is 50.5 Å². The van der Waals surface area contributed by atoms with E-state index in [4.69, 9.17) is 11.6 Å². The Morgan fingerprint density at radius 2 is 1.78 bits per heavy atom. The summed E-state index contributed by atoms with van der Waals surface area (Å²) in [6.45, 7) is 13.8. The molecule has 0 saturated carbocycles. The second kappa shape index (κ2) is 9.46. The first-order valence-corrected chi connectivity index (χ1v) is 11.1. The van der Waals surface area contributed by atoms with Crippen molar-refractivity contribution >= 4 is 35.4 Å². The number of halogens is 1. The Hall–Kier alpha value is -2.64. The number of pyridine rings is 1. The molecule has 2 aromatic rings. The van der Waals surface area contributed by atoms with Gasteiger partial charge in [0.1, 0.15) is 5.60 Å². The van der Waals surface area contributed by atoms with Gasteiger partial charge in [0.15, 0.2) is 0 Å². The molecule has 7 nitrogen and oxygen atoms in total. The fourth-order valence-electron chi connectivity index (χ4n) is 3.92. The second-order valence-corrected chi connectivity index (χ2v) is 9.79. The minimum absolute atomic E-state index is 0.00377. The Morgan fingerprint density at radius 1 is 1.12 bits per heavy atom. The number of ether oxygens (including phenoxy) is 1. The van der Waals surface area contributed by atoms with Gasteiger partial charge >= 0.3 is 0 Å². The molecule has 1 saturated heterocycles. The van der Waals surface area contributed by atoms with Crippen LogP contribution in [0.3, 0.4) is 0 Å². The molecule has 1 aromatic heterocycles. The normalized spacial score (nSPS) is 17.4. The molecule has 0 unspecified atom stereocenters. The number of fused-ring (bicyclic) bond motifs is 1. The monoisotopic (exact) mass is 458 g/mol. The number of nitrogens with zero attached hydrogens (tertiary/aromatic N) is 3. The number of piperazine rings is 1. The van der Waals surface area contributed by atoms with Crippen LogP contribution in [0, 0.1) is 0 Å². The molecule has 0 spiro atoms. The molecule has 0 bridgehead atoms. The quantitative estimate of drug-likeness (QED) is 0.701. The van der Waals surface area contributed by atoms with E-state index in [2.05, 4.69) is 26.0 Å². The molecule has 32 heavy (non-hydrogen) atoms. The molecule has 0 aliphatic carbocycles. The first-order chi connectivity index (χ1) is 15.0. The molecule has 1 aromatic carbocycles. The predicted octanol–water partition coefficient (Wildman–Crippen LogP) is 4.00. The van der Waals surface area contributed by atoms with E-state index in [0.29, 0.717) is 17.1 Å². The number of aromatic nitrogens is 1. The highest BCUT2D eigenvalue weighted by molar-refractivity contribution is 6.31. The third-order valence-electron chi connectivity index (χ3n) is 5.48. The van der Waals surface area contributed by atoms with E-state index in [9.17, 15) is 9.59 Å². The zero-order valence-electron chi connectivity index (χ0n) is 19.3. The lowest BCUT2D eigenvalue weighted by atomic mass is 9.93. The van der Waals surface area contributed by atoms with E-state index in [0.717, 1.165) is 43.1 Å². The molecular formula is C24H31ClN4O3. The lowest BCUT2D eigenvalue weighted by Crippen LogP contribution is -2.44. The number of carbonyl (C=O) groups excluding carboxylic acids is 2. The van der Waals surface area contributed by atoms with E-state index in [1.807, 2.05) is 57.8 Å². The molecule has 1 N–H and O–H groups in total. The number of amides is 1. The van der Waals surface area contributed by atoms with Gasteiger partial charge in [-0.1, -0.05) is 11.6 Å². The topological polar surface area (TPSA) is 74.8 Å². The average Bonchev–Trinajstić information content (AvgIpc) is 2.93. The highest BCUT2D eigenvalue weighted by atomic mass is 35.5. The molecule has 0 radical (unpaired) electrons. The Morgan fingerprint density at radius 3 is 2.38 bits per heavy atom. The number of rotatable bonds is 3. The van der Waals surface area contributed by atoms with Crippen LogP contribution in [0.25, 0.3) is 0 Å². The third kappa shape index (κ3) is 5.22. The van der Waals surface area contributed by atoms with Gasteiger partial charge in [-0.15, -0.1) is 0 Å². The molecule has 2 aliphatic heterocycles. The van der Waals surface area contributed by atoms with Gasteiger partial charge < -0.3 is 15.0 Å². The highest BCUT2D eigenvalue weighted by Crippen LogP contribution is 2.43. The fourth-order valence-corrected chi connectivity index (χ4v) is 4.09. The van der Waals surface area contributed by atoms with E-state index < -0.39 is 5.54 Å². The predicted molar refractivity (Wildman–Crippen MR) is 128 cm³/mol. The van der Waals surface area contributed by atoms with Gasteiger partial charge in [-0.2, -0.15) is 0 Å². The van der Waals surface area contributed by atoms with Gasteiger partial charge in [-0.3, -0.25) is 19.5 Å². The Labute approximate surface area is 194 Å². The first-order valence-electron chi connectivity index (χ1n) is 10.7. The molecule has 4 rings (SSSR count). The molecule has 2 aliphatic rings. The Kier molecular flexibility index (Phi) is 7.10. The molecule has 3 heterocycles. The van der Waals surface area contributed by atoms with Crippen LogP contribution < -0.4 is 15.1 Å². The van der Waals surface area contributed by atoms with Crippen molar-refractivity contribution in [3.8, 4) is 0 Å². The van der Waals surface area contributed by atoms with Gasteiger partial charge in [0.2, 0.25) is 0 Å². The number of hydrogen-bond acceptors (Lipinski definition) is 6. The maximum atomic E-state index is 13.0. The van der Waals surface area contributed by atoms with Gasteiger partial charge in [0.25, 0.3) is 12.4 Å². The molecular weight excluding hydrogens is 428 g/mol. The van der Waals surface area contributed by atoms with Crippen LogP contribution in [0.15, 0.2) is 36.7 Å². The number of benzene rings is 1. The van der Waals surface area contributed by atoms with Crippen LogP contribution in [-0.4, -0.2) is 49.1 Å². The summed E-state index contributed by atoms with van der Waals surface area (Å²) in [4.78, 5) is 31.2. The number of carbonyl (C=O) groups is 2. The van der Waals surface area contributed by atoms with Crippen LogP contribution in [0.4, 0.5) is 11.4 Å². The molecule has 1 fully saturated rings. The summed E-state index contributed by atoms with van der Waals surface area (Å²) in [6.07, 6.45) is 3.63. The lowest BCUT2D eigenvalue weighted by molar-refractivity contribution is -0.138. The van der Waals surface area contributed by atoms with Crippen molar-refractivity contribution in [2.75, 3.05) is 36.0 Å². The minimum Gasteiger partial charge on any atom is -0.462 e. The van der Waals surface area contributed by atoms with Gasteiger partial charge in [0, 0.05) is 36.8 Å². The molecule has 1 amide bonds. The zero-order valence-corrected chi connectivity index (χ0v) is 20.1. The summed E-state index contributed by atoms with van der Waals surface area (Å²) < 4.78 is 4.55. The van der Waals surface area contributed by atoms with Crippen molar-refractivity contribution in [1.29, 1.82) is 0 Å². The maximum absolute atomic E-state index is 13.0. The zero-order chi connectivity index (χ0) is 23.5. The summed E-state index contributed by atoms with van der Waals surface area (Å²) in [6, 6.07) is 7.54. The van der Waals surface area contributed by atoms with Gasteiger partial charge in [-0.05, 0) is 64.4 Å². The minimum atomic E-state index is -0.471. The SMILES string of the molecule is CC(C)(C)OC=O.CC1(C)c2cc(Cl)ccc2C(=O)N1c1cncc(N2CCNCC2)c1. The summed E-state index contributed by atoms with van der Waals surface area (Å²) in [5.41, 5.74) is 2.75. The lowest BCUT2D eigenvalue weighted by Gasteiger charge is -2.34. The van der Waals surface area contributed by atoms with Crippen LogP contribution in [-0.2, 0) is 15.1 Å². The van der Waals surface area contributed by atoms with Crippen molar-refractivity contribution in [2.24, 2.45) is 0 Å². The standard InChI is InChI=1S/C19H21ClN4O.C5H10O2/c1-19(2)17-9-13(20)3-4-16(17)18(25)24(19)15-10-14(11-22-12-15)23-7-5-21-6-8-23;1-5(2,3)7-4-6/h3-4,9-12,21H,5-8H2,1-2H3;4H,1-3H3. The molecule has 0 atom stereocenters. The van der Waals surface area contributed by atoms with Crippen molar-refractivity contribution < 1.29 is 14.3 Å². The molecule has 172 valence electrons. The van der Waals surface area contributed by atoms with Gasteiger partial charge in [0.05, 0.1) is 29.3 Å². The van der Waals surface area contributed by atoms with Gasteiger partial charge in [-0.25, -0.2) is 0 Å². The van der Waals surface area contributed by atoms with Crippen LogP contribution in [0.5, 0.6) is 0 Å². The average molecular weight is 459 g/mol. The maximum Gasteiger partial charge on any atom is 0.293 e. The van der Waals surface area contributed by atoms with Crippen molar-refractivity contribution in [1.82, 2.24) is 10.3 Å². The van der Waals surface area contributed by atoms with E-state index in [1.54, 1.807) is 12.3 Å². The second-order valence-electron chi connectivity index (χ2n) is 9.35. The number of nitrogens with one attached hydrogen (secondary N) is 1. The summed E-state index contributed by atoms with van der Waals surface area (Å²) in [7, 11) is 0. The number of hydrogen-bond donors (Lipinski definition) is 1. The number of anilines is 2. The smallest absolute Gasteiger partial charge is 0.293 e.